The van der Waals surface area contributed by atoms with Crippen LogP contribution < -0.4 is 11.1 Å². The quantitative estimate of drug-likeness (QED) is 0.540. The van der Waals surface area contributed by atoms with Crippen molar-refractivity contribution in [1.29, 1.82) is 0 Å². The first-order valence-corrected chi connectivity index (χ1v) is 10.0. The third kappa shape index (κ3) is 4.50. The predicted octanol–water partition coefficient (Wildman–Crippen LogP) is 3.69. The molecule has 4 rings (SSSR count). The molecule has 31 heavy (non-hydrogen) atoms. The monoisotopic (exact) mass is 436 g/mol. The van der Waals surface area contributed by atoms with Crippen molar-refractivity contribution in [3.8, 4) is 11.3 Å². The van der Waals surface area contributed by atoms with Gasteiger partial charge in [0.2, 0.25) is 5.95 Å². The fraction of sp³-hybridized carbons (Fsp3) is 0.182. The van der Waals surface area contributed by atoms with Gasteiger partial charge >= 0.3 is 0 Å². The number of rotatable bonds is 7. The number of nitrogens with one attached hydrogen (secondary N) is 1. The second kappa shape index (κ2) is 9.11. The Bertz CT molecular complexity index is 1120. The third-order valence-corrected chi connectivity index (χ3v) is 5.16. The van der Waals surface area contributed by atoms with Crippen molar-refractivity contribution in [2.75, 3.05) is 31.3 Å². The number of anilines is 3. The molecule has 3 aromatic rings. The van der Waals surface area contributed by atoms with Gasteiger partial charge in [-0.05, 0) is 35.9 Å². The first-order chi connectivity index (χ1) is 15.1. The first-order valence-electron chi connectivity index (χ1n) is 9.62. The van der Waals surface area contributed by atoms with E-state index >= 15 is 0 Å². The number of aldehydes is 1. The van der Waals surface area contributed by atoms with Crippen molar-refractivity contribution in [3.63, 3.8) is 0 Å². The molecule has 8 nitrogen and oxygen atoms in total. The van der Waals surface area contributed by atoms with Crippen molar-refractivity contribution in [2.24, 2.45) is 0 Å². The molecule has 3 N–H and O–H groups in total. The number of nitrogens with zero attached hydrogens (tertiary/aromatic N) is 4. The number of carbonyl (C=O) groups is 1. The number of methoxy groups -OCH3 is 1. The minimum Gasteiger partial charge on any atom is -0.383 e. The fourth-order valence-electron chi connectivity index (χ4n) is 3.43. The highest BCUT2D eigenvalue weighted by atomic mass is 35.5. The number of hydrogen-bond acceptors (Lipinski definition) is 8. The first kappa shape index (κ1) is 20.8. The van der Waals surface area contributed by atoms with Crippen molar-refractivity contribution < 1.29 is 9.53 Å². The fourth-order valence-corrected chi connectivity index (χ4v) is 3.62. The Kier molecular flexibility index (Phi) is 6.11. The van der Waals surface area contributed by atoms with E-state index in [1.54, 1.807) is 31.6 Å². The smallest absolute Gasteiger partial charge is 0.219 e. The number of hydrogen-bond donors (Lipinski definition) is 2. The molecule has 0 radical (unpaired) electrons. The normalized spacial score (nSPS) is 14.9. The number of fused-ring (bicyclic) bond motifs is 1. The van der Waals surface area contributed by atoms with Gasteiger partial charge in [0, 0.05) is 54.1 Å². The molecule has 0 saturated carbocycles. The molecule has 0 saturated heterocycles. The number of nitrogen functional groups attached to an aromatic ring is 1. The molecule has 3 heterocycles. The lowest BCUT2D eigenvalue weighted by Crippen LogP contribution is -2.31. The molecule has 0 fully saturated rings. The molecular weight excluding hydrogens is 416 g/mol. The van der Waals surface area contributed by atoms with E-state index in [-0.39, 0.29) is 5.95 Å². The van der Waals surface area contributed by atoms with Crippen molar-refractivity contribution >= 4 is 41.4 Å². The lowest BCUT2D eigenvalue weighted by Gasteiger charge is -2.32. The highest BCUT2D eigenvalue weighted by Gasteiger charge is 2.28. The van der Waals surface area contributed by atoms with Crippen LogP contribution in [0.1, 0.15) is 17.2 Å². The molecule has 1 aliphatic heterocycles. The topological polar surface area (TPSA) is 106 Å². The Labute approximate surface area is 184 Å². The minimum atomic E-state index is -0.513. The van der Waals surface area contributed by atoms with Gasteiger partial charge in [-0.25, -0.2) is 15.0 Å². The number of halogens is 1. The van der Waals surface area contributed by atoms with Crippen LogP contribution in [0.4, 0.5) is 17.5 Å². The largest absolute Gasteiger partial charge is 0.383 e. The van der Waals surface area contributed by atoms with Gasteiger partial charge in [0.1, 0.15) is 18.1 Å². The second-order valence-electron chi connectivity index (χ2n) is 6.95. The van der Waals surface area contributed by atoms with Gasteiger partial charge in [0.25, 0.3) is 0 Å². The van der Waals surface area contributed by atoms with Crippen molar-refractivity contribution in [1.82, 2.24) is 19.9 Å². The maximum Gasteiger partial charge on any atom is 0.219 e. The van der Waals surface area contributed by atoms with Crippen LogP contribution >= 0.6 is 11.6 Å². The van der Waals surface area contributed by atoms with Gasteiger partial charge in [-0.2, -0.15) is 0 Å². The summed E-state index contributed by atoms with van der Waals surface area (Å²) in [5, 5.41) is 3.92. The van der Waals surface area contributed by atoms with Crippen LogP contribution in [0, 0.1) is 0 Å². The molecule has 0 aliphatic carbocycles. The zero-order valence-corrected chi connectivity index (χ0v) is 17.6. The number of nitrogens with two attached hydrogens (primary N) is 1. The van der Waals surface area contributed by atoms with Crippen LogP contribution in [0.3, 0.4) is 0 Å². The average molecular weight is 437 g/mol. The lowest BCUT2D eigenvalue weighted by atomic mass is 9.96. The molecule has 1 atom stereocenters. The molecule has 2 aromatic heterocycles. The predicted molar refractivity (Wildman–Crippen MR) is 121 cm³/mol. The van der Waals surface area contributed by atoms with Gasteiger partial charge < -0.3 is 25.5 Å². The molecule has 0 spiro atoms. The zero-order chi connectivity index (χ0) is 21.8. The number of ether oxygens (including phenoxy) is 1. The van der Waals surface area contributed by atoms with Crippen LogP contribution in [-0.4, -0.2) is 46.4 Å². The number of carbonyl (C=O) groups excluding carboxylic acids is 1. The van der Waals surface area contributed by atoms with Gasteiger partial charge in [-0.15, -0.1) is 0 Å². The Morgan fingerprint density at radius 3 is 2.81 bits per heavy atom. The SMILES string of the molecule is COCCN1C=Cc2cc(-c3cnc(N)nc3)nc(Nc3cccc(Cl)c3)c2C1C=O. The van der Waals surface area contributed by atoms with Gasteiger partial charge in [-0.1, -0.05) is 17.7 Å². The van der Waals surface area contributed by atoms with Crippen molar-refractivity contribution in [3.05, 3.63) is 65.1 Å². The summed E-state index contributed by atoms with van der Waals surface area (Å²) in [4.78, 5) is 27.0. The van der Waals surface area contributed by atoms with E-state index < -0.39 is 6.04 Å². The summed E-state index contributed by atoms with van der Waals surface area (Å²) < 4.78 is 5.19. The molecule has 9 heteroatoms. The van der Waals surface area contributed by atoms with E-state index in [0.29, 0.717) is 35.2 Å². The third-order valence-electron chi connectivity index (χ3n) is 4.93. The molecule has 0 bridgehead atoms. The lowest BCUT2D eigenvalue weighted by molar-refractivity contribution is -0.112. The maximum absolute atomic E-state index is 12.1. The van der Waals surface area contributed by atoms with Gasteiger partial charge in [0.05, 0.1) is 12.3 Å². The number of pyridine rings is 1. The van der Waals surface area contributed by atoms with Crippen LogP contribution in [0.2, 0.25) is 5.02 Å². The summed E-state index contributed by atoms with van der Waals surface area (Å²) >= 11 is 6.15. The summed E-state index contributed by atoms with van der Waals surface area (Å²) in [5.41, 5.74) is 9.39. The number of aromatic nitrogens is 3. The van der Waals surface area contributed by atoms with Crippen LogP contribution in [-0.2, 0) is 9.53 Å². The van der Waals surface area contributed by atoms with Crippen LogP contribution in [0.25, 0.3) is 17.3 Å². The van der Waals surface area contributed by atoms with Crippen LogP contribution in [0.15, 0.2) is 48.9 Å². The second-order valence-corrected chi connectivity index (χ2v) is 7.39. The van der Waals surface area contributed by atoms with E-state index in [1.807, 2.05) is 35.4 Å². The molecule has 1 aromatic carbocycles. The van der Waals surface area contributed by atoms with Crippen LogP contribution in [0.5, 0.6) is 0 Å². The molecular formula is C22H21ClN6O2. The summed E-state index contributed by atoms with van der Waals surface area (Å²) in [5.74, 6) is 0.740. The molecule has 1 unspecified atom stereocenters. The average Bonchev–Trinajstić information content (AvgIpc) is 2.77. The van der Waals surface area contributed by atoms with E-state index in [9.17, 15) is 4.79 Å². The highest BCUT2D eigenvalue weighted by Crippen LogP contribution is 2.37. The van der Waals surface area contributed by atoms with E-state index in [2.05, 4.69) is 15.3 Å². The summed E-state index contributed by atoms with van der Waals surface area (Å²) in [6.07, 6.45) is 8.00. The Balaban J connectivity index is 1.83. The standard InChI is InChI=1S/C22H21ClN6O2/c1-31-8-7-29-6-5-14-9-18(15-11-25-22(24)26-12-15)28-21(20(14)19(29)13-30)27-17-4-2-3-16(23)10-17/h2-6,9-13,19H,7-8H2,1H3,(H,27,28)(H2,24,25,26). The summed E-state index contributed by atoms with van der Waals surface area (Å²) in [6.45, 7) is 1.06. The summed E-state index contributed by atoms with van der Waals surface area (Å²) in [7, 11) is 1.63. The summed E-state index contributed by atoms with van der Waals surface area (Å²) in [6, 6.07) is 8.72. The van der Waals surface area contributed by atoms with Gasteiger partial charge in [-0.3, -0.25) is 0 Å². The molecule has 158 valence electrons. The maximum atomic E-state index is 12.1. The van der Waals surface area contributed by atoms with E-state index in [4.69, 9.17) is 27.1 Å². The molecule has 0 amide bonds. The Morgan fingerprint density at radius 2 is 2.10 bits per heavy atom. The van der Waals surface area contributed by atoms with E-state index in [0.717, 1.165) is 23.1 Å². The zero-order valence-electron chi connectivity index (χ0n) is 16.8. The van der Waals surface area contributed by atoms with E-state index in [1.165, 1.54) is 0 Å². The minimum absolute atomic E-state index is 0.189. The Hall–Kier alpha value is -3.49. The Morgan fingerprint density at radius 1 is 1.29 bits per heavy atom. The number of benzene rings is 1. The highest BCUT2D eigenvalue weighted by molar-refractivity contribution is 6.30. The molecule has 1 aliphatic rings. The van der Waals surface area contributed by atoms with Crippen molar-refractivity contribution in [2.45, 2.75) is 6.04 Å². The van der Waals surface area contributed by atoms with Gasteiger partial charge in [0.15, 0.2) is 0 Å².